The van der Waals surface area contributed by atoms with E-state index in [2.05, 4.69) is 30.4 Å². The van der Waals surface area contributed by atoms with Gasteiger partial charge in [0.25, 0.3) is 10.0 Å². The molecule has 0 spiro atoms. The molecule has 3 rings (SSSR count). The topological polar surface area (TPSA) is 113 Å². The van der Waals surface area contributed by atoms with Gasteiger partial charge in [-0.3, -0.25) is 9.82 Å². The van der Waals surface area contributed by atoms with Crippen molar-refractivity contribution in [3.05, 3.63) is 16.3 Å². The summed E-state index contributed by atoms with van der Waals surface area (Å²) >= 11 is 1.18. The highest BCUT2D eigenvalue weighted by molar-refractivity contribution is 7.92. The fourth-order valence-electron chi connectivity index (χ4n) is 1.90. The van der Waals surface area contributed by atoms with Gasteiger partial charge < -0.3 is 5.32 Å². The molecule has 1 saturated carbocycles. The number of aryl methyl sites for hydroxylation is 2. The summed E-state index contributed by atoms with van der Waals surface area (Å²) < 4.78 is 27.3. The van der Waals surface area contributed by atoms with Crippen molar-refractivity contribution in [3.8, 4) is 0 Å². The third kappa shape index (κ3) is 3.22. The molecule has 2 heterocycles. The minimum Gasteiger partial charge on any atom is -0.310 e. The highest BCUT2D eigenvalue weighted by Gasteiger charge is 2.27. The summed E-state index contributed by atoms with van der Waals surface area (Å²) in [5.41, 5.74) is 1.41. The van der Waals surface area contributed by atoms with E-state index < -0.39 is 10.0 Å². The molecule has 0 amide bonds. The lowest BCUT2D eigenvalue weighted by Crippen LogP contribution is -2.20. The van der Waals surface area contributed by atoms with Crippen LogP contribution in [0.2, 0.25) is 0 Å². The largest absolute Gasteiger partial charge is 0.310 e. The van der Waals surface area contributed by atoms with Crippen LogP contribution < -0.4 is 10.0 Å². The van der Waals surface area contributed by atoms with E-state index in [1.807, 2.05) is 6.92 Å². The summed E-state index contributed by atoms with van der Waals surface area (Å²) in [7, 11) is -3.76. The molecule has 0 unspecified atom stereocenters. The first kappa shape index (κ1) is 14.4. The minimum atomic E-state index is -3.76. The summed E-state index contributed by atoms with van der Waals surface area (Å²) in [6, 6.07) is 0.494. The maximum atomic E-state index is 12.4. The average Bonchev–Trinajstić information content (AvgIpc) is 3.04. The number of nitrogens with zero attached hydrogens (tertiary/aromatic N) is 3. The monoisotopic (exact) mass is 328 g/mol. The first-order valence-electron chi connectivity index (χ1n) is 6.56. The van der Waals surface area contributed by atoms with Crippen LogP contribution in [-0.2, 0) is 16.6 Å². The second-order valence-electron chi connectivity index (χ2n) is 5.02. The Morgan fingerprint density at radius 2 is 2.10 bits per heavy atom. The van der Waals surface area contributed by atoms with E-state index in [0.717, 1.165) is 18.5 Å². The molecule has 1 aliphatic rings. The third-order valence-electron chi connectivity index (χ3n) is 3.18. The Bertz CT molecular complexity index is 747. The van der Waals surface area contributed by atoms with Gasteiger partial charge in [0.2, 0.25) is 10.2 Å². The van der Waals surface area contributed by atoms with E-state index >= 15 is 0 Å². The molecule has 1 aliphatic carbocycles. The van der Waals surface area contributed by atoms with Crippen molar-refractivity contribution in [1.29, 1.82) is 0 Å². The standard InChI is InChI=1S/C11H16N6O2S2/c1-6-9(5-12-8-3-4-8)10(15-13-6)21(18,19)17-11-16-14-7(2)20-11/h8,12H,3-5H2,1-2H3,(H,13,15)(H,16,17). The lowest BCUT2D eigenvalue weighted by molar-refractivity contribution is 0.593. The molecule has 21 heavy (non-hydrogen) atoms. The molecule has 8 nitrogen and oxygen atoms in total. The predicted molar refractivity (Wildman–Crippen MR) is 78.6 cm³/mol. The summed E-state index contributed by atoms with van der Waals surface area (Å²) in [6.07, 6.45) is 2.28. The number of aromatic amines is 1. The normalized spacial score (nSPS) is 15.3. The Morgan fingerprint density at radius 1 is 1.33 bits per heavy atom. The molecule has 2 aromatic heterocycles. The smallest absolute Gasteiger partial charge is 0.283 e. The summed E-state index contributed by atoms with van der Waals surface area (Å²) in [4.78, 5) is 0. The number of hydrogen-bond acceptors (Lipinski definition) is 7. The van der Waals surface area contributed by atoms with E-state index in [4.69, 9.17) is 0 Å². The van der Waals surface area contributed by atoms with Gasteiger partial charge in [-0.2, -0.15) is 13.5 Å². The predicted octanol–water partition coefficient (Wildman–Crippen LogP) is 0.931. The zero-order chi connectivity index (χ0) is 15.0. The summed E-state index contributed by atoms with van der Waals surface area (Å²) in [6.45, 7) is 4.06. The Kier molecular flexibility index (Phi) is 3.68. The van der Waals surface area contributed by atoms with Crippen LogP contribution >= 0.6 is 11.3 Å². The van der Waals surface area contributed by atoms with Gasteiger partial charge in [-0.1, -0.05) is 11.3 Å². The van der Waals surface area contributed by atoms with Crippen LogP contribution in [0.15, 0.2) is 5.03 Å². The van der Waals surface area contributed by atoms with Crippen LogP contribution in [0.4, 0.5) is 5.13 Å². The zero-order valence-electron chi connectivity index (χ0n) is 11.7. The Morgan fingerprint density at radius 3 is 2.71 bits per heavy atom. The second kappa shape index (κ2) is 5.35. The van der Waals surface area contributed by atoms with Gasteiger partial charge in [0.15, 0.2) is 0 Å². The number of H-pyrrole nitrogens is 1. The molecule has 114 valence electrons. The Labute approximate surface area is 126 Å². The fraction of sp³-hybridized carbons (Fsp3) is 0.545. The van der Waals surface area contributed by atoms with Crippen LogP contribution in [0.5, 0.6) is 0 Å². The van der Waals surface area contributed by atoms with Crippen molar-refractivity contribution < 1.29 is 8.42 Å². The van der Waals surface area contributed by atoms with Crippen LogP contribution in [-0.4, -0.2) is 34.9 Å². The number of aromatic nitrogens is 4. The molecule has 2 aromatic rings. The van der Waals surface area contributed by atoms with Crippen LogP contribution in [0, 0.1) is 13.8 Å². The Hall–Kier alpha value is -1.52. The molecular formula is C11H16N6O2S2. The van der Waals surface area contributed by atoms with E-state index in [-0.39, 0.29) is 10.2 Å². The van der Waals surface area contributed by atoms with E-state index in [9.17, 15) is 8.42 Å². The van der Waals surface area contributed by atoms with Crippen LogP contribution in [0.3, 0.4) is 0 Å². The minimum absolute atomic E-state index is 0.0148. The first-order valence-corrected chi connectivity index (χ1v) is 8.86. The number of anilines is 1. The van der Waals surface area contributed by atoms with Crippen molar-refractivity contribution >= 4 is 26.5 Å². The van der Waals surface area contributed by atoms with Crippen molar-refractivity contribution in [1.82, 2.24) is 25.7 Å². The van der Waals surface area contributed by atoms with Crippen LogP contribution in [0.1, 0.15) is 29.1 Å². The highest BCUT2D eigenvalue weighted by Crippen LogP contribution is 2.24. The van der Waals surface area contributed by atoms with E-state index in [0.29, 0.717) is 23.2 Å². The third-order valence-corrected chi connectivity index (χ3v) is 5.38. The van der Waals surface area contributed by atoms with Crippen molar-refractivity contribution in [2.24, 2.45) is 0 Å². The van der Waals surface area contributed by atoms with Gasteiger partial charge in [0, 0.05) is 23.8 Å². The van der Waals surface area contributed by atoms with Crippen molar-refractivity contribution in [3.63, 3.8) is 0 Å². The van der Waals surface area contributed by atoms with Crippen LogP contribution in [0.25, 0.3) is 0 Å². The molecule has 3 N–H and O–H groups in total. The molecule has 0 aliphatic heterocycles. The zero-order valence-corrected chi connectivity index (χ0v) is 13.3. The van der Waals surface area contributed by atoms with Crippen molar-refractivity contribution in [2.45, 2.75) is 44.3 Å². The summed E-state index contributed by atoms with van der Waals surface area (Å²) in [5.74, 6) is 0. The molecular weight excluding hydrogens is 312 g/mol. The van der Waals surface area contributed by atoms with Gasteiger partial charge in [0.05, 0.1) is 0 Å². The first-order chi connectivity index (χ1) is 9.95. The number of hydrogen-bond donors (Lipinski definition) is 3. The molecule has 10 heteroatoms. The Balaban J connectivity index is 1.83. The lowest BCUT2D eigenvalue weighted by Gasteiger charge is -2.06. The van der Waals surface area contributed by atoms with Gasteiger partial charge in [0.1, 0.15) is 5.01 Å². The second-order valence-corrected chi connectivity index (χ2v) is 7.80. The number of nitrogens with one attached hydrogen (secondary N) is 3. The molecule has 0 aromatic carbocycles. The molecule has 0 atom stereocenters. The average molecular weight is 328 g/mol. The lowest BCUT2D eigenvalue weighted by atomic mass is 10.2. The van der Waals surface area contributed by atoms with Gasteiger partial charge in [-0.05, 0) is 26.7 Å². The van der Waals surface area contributed by atoms with Gasteiger partial charge in [-0.15, -0.1) is 10.2 Å². The van der Waals surface area contributed by atoms with Gasteiger partial charge >= 0.3 is 0 Å². The maximum absolute atomic E-state index is 12.4. The quantitative estimate of drug-likeness (QED) is 0.727. The SMILES string of the molecule is Cc1nnc(NS(=O)(=O)c2n[nH]c(C)c2CNC2CC2)s1. The number of rotatable bonds is 6. The van der Waals surface area contributed by atoms with E-state index in [1.54, 1.807) is 6.92 Å². The van der Waals surface area contributed by atoms with Gasteiger partial charge in [-0.25, -0.2) is 0 Å². The molecule has 0 saturated heterocycles. The maximum Gasteiger partial charge on any atom is 0.283 e. The van der Waals surface area contributed by atoms with E-state index in [1.165, 1.54) is 11.3 Å². The van der Waals surface area contributed by atoms with Crippen molar-refractivity contribution in [2.75, 3.05) is 4.72 Å². The highest BCUT2D eigenvalue weighted by atomic mass is 32.2. The molecule has 1 fully saturated rings. The summed E-state index contributed by atoms with van der Waals surface area (Å²) in [5, 5.41) is 18.5. The molecule has 0 radical (unpaired) electrons. The number of sulfonamides is 1. The fourth-order valence-corrected chi connectivity index (χ4v) is 3.92. The molecule has 0 bridgehead atoms.